The summed E-state index contributed by atoms with van der Waals surface area (Å²) in [7, 11) is 0. The summed E-state index contributed by atoms with van der Waals surface area (Å²) in [6.45, 7) is 10.5. The molecule has 0 fully saturated rings. The van der Waals surface area contributed by atoms with Gasteiger partial charge in [0, 0.05) is 12.1 Å². The smallest absolute Gasteiger partial charge is 0.119 e. The molecule has 212 valence electrons. The number of rotatable bonds is 23. The van der Waals surface area contributed by atoms with Gasteiger partial charge < -0.3 is 38.3 Å². The van der Waals surface area contributed by atoms with Crippen LogP contribution in [0.3, 0.4) is 0 Å². The molecular weight excluding hydrogens is 472 g/mol. The highest BCUT2D eigenvalue weighted by Gasteiger charge is 2.12. The number of hydrogen-bond donors (Lipinski definition) is 6. The fraction of sp³-hybridized carbons (Fsp3) is 0.786. The summed E-state index contributed by atoms with van der Waals surface area (Å²) in [5.41, 5.74) is 26.6. The standard InChI is InChI=1S/C28H56N6O.ClH/c1-3-5-8-23(4-2)22-35-28-20-24(18-26(31)9-15-33-13-6-11-29)17-25(21-28)19-27(32)10-16-34-14-7-12-30;/h17,20-21,23,26-27,33-34H,3-16,18-19,22,29-32H2,1-2H3;1H. The number of nitrogens with two attached hydrogens (primary N) is 4. The molecule has 1 aromatic rings. The number of nitrogens with one attached hydrogen (secondary N) is 2. The molecule has 0 heterocycles. The van der Waals surface area contributed by atoms with Gasteiger partial charge in [-0.1, -0.05) is 39.2 Å². The van der Waals surface area contributed by atoms with E-state index in [1.54, 1.807) is 0 Å². The molecule has 0 aromatic heterocycles. The Morgan fingerprint density at radius 3 is 1.72 bits per heavy atom. The zero-order valence-corrected chi connectivity index (χ0v) is 23.9. The lowest BCUT2D eigenvalue weighted by Gasteiger charge is -2.19. The van der Waals surface area contributed by atoms with Crippen molar-refractivity contribution in [1.29, 1.82) is 0 Å². The van der Waals surface area contributed by atoms with Crippen LogP contribution in [0.4, 0.5) is 0 Å². The van der Waals surface area contributed by atoms with Crippen LogP contribution in [-0.2, 0) is 12.8 Å². The van der Waals surface area contributed by atoms with Crippen molar-refractivity contribution in [3.63, 3.8) is 0 Å². The van der Waals surface area contributed by atoms with Crippen molar-refractivity contribution in [3.8, 4) is 5.75 Å². The monoisotopic (exact) mass is 528 g/mol. The third-order valence-electron chi connectivity index (χ3n) is 6.55. The second-order valence-electron chi connectivity index (χ2n) is 10.0. The molecule has 0 aliphatic rings. The summed E-state index contributed by atoms with van der Waals surface area (Å²) in [6.07, 6.45) is 10.4. The molecule has 10 N–H and O–H groups in total. The van der Waals surface area contributed by atoms with E-state index in [-0.39, 0.29) is 24.5 Å². The summed E-state index contributed by atoms with van der Waals surface area (Å²) in [6, 6.07) is 6.84. The minimum absolute atomic E-state index is 0. The number of ether oxygens (including phenoxy) is 1. The second-order valence-corrected chi connectivity index (χ2v) is 10.0. The van der Waals surface area contributed by atoms with Gasteiger partial charge in [0.2, 0.25) is 0 Å². The SMILES string of the molecule is CCCCC(CC)COc1cc(CC(N)CCNCCCN)cc(CC(N)CCNCCCN)c1.Cl. The molecule has 0 bridgehead atoms. The molecule has 0 saturated heterocycles. The molecule has 0 aliphatic carbocycles. The van der Waals surface area contributed by atoms with E-state index in [1.165, 1.54) is 30.4 Å². The van der Waals surface area contributed by atoms with Crippen molar-refractivity contribution >= 4 is 12.4 Å². The average Bonchev–Trinajstić information content (AvgIpc) is 2.83. The fourth-order valence-electron chi connectivity index (χ4n) is 4.25. The Bertz CT molecular complexity index is 596. The number of benzene rings is 1. The van der Waals surface area contributed by atoms with Gasteiger partial charge in [-0.25, -0.2) is 0 Å². The van der Waals surface area contributed by atoms with E-state index in [4.69, 9.17) is 27.7 Å². The number of halogens is 1. The van der Waals surface area contributed by atoms with E-state index < -0.39 is 0 Å². The summed E-state index contributed by atoms with van der Waals surface area (Å²) in [5, 5.41) is 6.85. The molecule has 7 nitrogen and oxygen atoms in total. The first-order chi connectivity index (χ1) is 17.0. The molecule has 0 aliphatic heterocycles. The van der Waals surface area contributed by atoms with Crippen LogP contribution < -0.4 is 38.3 Å². The highest BCUT2D eigenvalue weighted by molar-refractivity contribution is 5.85. The predicted octanol–water partition coefficient (Wildman–Crippen LogP) is 3.10. The van der Waals surface area contributed by atoms with Crippen LogP contribution in [0.15, 0.2) is 18.2 Å². The van der Waals surface area contributed by atoms with Gasteiger partial charge in [0.1, 0.15) is 5.75 Å². The van der Waals surface area contributed by atoms with Crippen LogP contribution in [0.5, 0.6) is 5.75 Å². The Labute approximate surface area is 227 Å². The first-order valence-electron chi connectivity index (χ1n) is 14.1. The fourth-order valence-corrected chi connectivity index (χ4v) is 4.25. The highest BCUT2D eigenvalue weighted by atomic mass is 35.5. The topological polar surface area (TPSA) is 137 Å². The van der Waals surface area contributed by atoms with E-state index in [0.29, 0.717) is 5.92 Å². The molecule has 0 radical (unpaired) electrons. The third kappa shape index (κ3) is 17.5. The minimum atomic E-state index is 0. The van der Waals surface area contributed by atoms with Gasteiger partial charge in [0.15, 0.2) is 0 Å². The minimum Gasteiger partial charge on any atom is -0.493 e. The van der Waals surface area contributed by atoms with Gasteiger partial charge in [-0.3, -0.25) is 0 Å². The Morgan fingerprint density at radius 2 is 1.28 bits per heavy atom. The van der Waals surface area contributed by atoms with E-state index in [9.17, 15) is 0 Å². The lowest BCUT2D eigenvalue weighted by Crippen LogP contribution is -2.30. The Morgan fingerprint density at radius 1 is 0.750 bits per heavy atom. The van der Waals surface area contributed by atoms with Gasteiger partial charge in [-0.05, 0) is 113 Å². The molecule has 3 unspecified atom stereocenters. The Hall–Kier alpha value is -0.930. The van der Waals surface area contributed by atoms with Crippen LogP contribution in [0, 0.1) is 5.92 Å². The van der Waals surface area contributed by atoms with Gasteiger partial charge in [0.05, 0.1) is 6.61 Å². The zero-order chi connectivity index (χ0) is 25.7. The summed E-state index contributed by atoms with van der Waals surface area (Å²) in [5.74, 6) is 1.56. The maximum absolute atomic E-state index is 6.48. The van der Waals surface area contributed by atoms with Gasteiger partial charge >= 0.3 is 0 Å². The quantitative estimate of drug-likeness (QED) is 0.120. The third-order valence-corrected chi connectivity index (χ3v) is 6.55. The molecule has 0 spiro atoms. The molecule has 1 rings (SSSR count). The zero-order valence-electron chi connectivity index (χ0n) is 23.1. The second kappa shape index (κ2) is 23.2. The van der Waals surface area contributed by atoms with Crippen LogP contribution in [-0.4, -0.2) is 58.0 Å². The molecule has 0 saturated carbocycles. The van der Waals surface area contributed by atoms with Crippen molar-refractivity contribution < 1.29 is 4.74 Å². The molecular formula is C28H57ClN6O. The lowest BCUT2D eigenvalue weighted by molar-refractivity contribution is 0.233. The number of unbranched alkanes of at least 4 members (excludes halogenated alkanes) is 1. The van der Waals surface area contributed by atoms with Gasteiger partial charge in [0.25, 0.3) is 0 Å². The van der Waals surface area contributed by atoms with Crippen molar-refractivity contribution in [3.05, 3.63) is 29.3 Å². The van der Waals surface area contributed by atoms with Gasteiger partial charge in [-0.2, -0.15) is 0 Å². The van der Waals surface area contributed by atoms with Crippen molar-refractivity contribution in [2.45, 2.75) is 90.1 Å². The maximum Gasteiger partial charge on any atom is 0.119 e. The molecule has 3 atom stereocenters. The predicted molar refractivity (Wildman–Crippen MR) is 158 cm³/mol. The highest BCUT2D eigenvalue weighted by Crippen LogP contribution is 2.22. The van der Waals surface area contributed by atoms with Gasteiger partial charge in [-0.15, -0.1) is 12.4 Å². The van der Waals surface area contributed by atoms with E-state index in [2.05, 4.69) is 42.7 Å². The first kappa shape index (κ1) is 35.1. The van der Waals surface area contributed by atoms with Crippen LogP contribution in [0.25, 0.3) is 0 Å². The van der Waals surface area contributed by atoms with Crippen LogP contribution >= 0.6 is 12.4 Å². The summed E-state index contributed by atoms with van der Waals surface area (Å²) in [4.78, 5) is 0. The Kier molecular flexibility index (Phi) is 22.6. The van der Waals surface area contributed by atoms with Crippen molar-refractivity contribution in [1.82, 2.24) is 10.6 Å². The largest absolute Gasteiger partial charge is 0.493 e. The molecule has 8 heteroatoms. The normalized spacial score (nSPS) is 13.7. The van der Waals surface area contributed by atoms with E-state index in [0.717, 1.165) is 96.6 Å². The van der Waals surface area contributed by atoms with Crippen molar-refractivity contribution in [2.75, 3.05) is 45.9 Å². The molecule has 1 aromatic carbocycles. The summed E-state index contributed by atoms with van der Waals surface area (Å²) < 4.78 is 6.32. The first-order valence-corrected chi connectivity index (χ1v) is 14.1. The van der Waals surface area contributed by atoms with E-state index >= 15 is 0 Å². The lowest BCUT2D eigenvalue weighted by atomic mass is 9.97. The van der Waals surface area contributed by atoms with E-state index in [1.807, 2.05) is 0 Å². The summed E-state index contributed by atoms with van der Waals surface area (Å²) >= 11 is 0. The van der Waals surface area contributed by atoms with Crippen LogP contribution in [0.2, 0.25) is 0 Å². The van der Waals surface area contributed by atoms with Crippen LogP contribution in [0.1, 0.15) is 76.3 Å². The molecule has 36 heavy (non-hydrogen) atoms. The average molecular weight is 529 g/mol. The number of hydrogen-bond acceptors (Lipinski definition) is 7. The van der Waals surface area contributed by atoms with Crippen molar-refractivity contribution in [2.24, 2.45) is 28.9 Å². The Balaban J connectivity index is 0.0000122. The molecule has 0 amide bonds. The maximum atomic E-state index is 6.48.